The lowest BCUT2D eigenvalue weighted by molar-refractivity contribution is -0.141. The molecular formula is C31H34Cl2N2O2. The van der Waals surface area contributed by atoms with Crippen molar-refractivity contribution in [2.75, 3.05) is 0 Å². The van der Waals surface area contributed by atoms with E-state index in [1.807, 2.05) is 62.4 Å². The Labute approximate surface area is 230 Å². The van der Waals surface area contributed by atoms with Crippen molar-refractivity contribution in [2.24, 2.45) is 0 Å². The largest absolute Gasteiger partial charge is 0.352 e. The number of halogens is 2. The Morgan fingerprint density at radius 3 is 2.30 bits per heavy atom. The second-order valence-corrected chi connectivity index (χ2v) is 10.8. The zero-order valence-electron chi connectivity index (χ0n) is 21.5. The number of nitrogens with one attached hydrogen (secondary N) is 1. The lowest BCUT2D eigenvalue weighted by atomic mass is 9.99. The maximum atomic E-state index is 14.0. The Bertz CT molecular complexity index is 1220. The van der Waals surface area contributed by atoms with Gasteiger partial charge < -0.3 is 10.2 Å². The first-order chi connectivity index (χ1) is 17.8. The third kappa shape index (κ3) is 7.15. The normalized spacial score (nSPS) is 14.4. The molecule has 1 N–H and O–H groups in total. The summed E-state index contributed by atoms with van der Waals surface area (Å²) in [5.41, 5.74) is 4.73. The smallest absolute Gasteiger partial charge is 0.243 e. The van der Waals surface area contributed by atoms with Crippen LogP contribution in [0, 0.1) is 13.8 Å². The molecule has 1 aliphatic carbocycles. The third-order valence-electron chi connectivity index (χ3n) is 7.21. The fraction of sp³-hybridized carbons (Fsp3) is 0.355. The van der Waals surface area contributed by atoms with Crippen LogP contribution >= 0.6 is 23.2 Å². The predicted octanol–water partition coefficient (Wildman–Crippen LogP) is 6.85. The van der Waals surface area contributed by atoms with E-state index in [9.17, 15) is 9.59 Å². The number of hydrogen-bond donors (Lipinski definition) is 1. The van der Waals surface area contributed by atoms with Crippen molar-refractivity contribution in [3.05, 3.63) is 105 Å². The number of carbonyl (C=O) groups is 2. The fourth-order valence-electron chi connectivity index (χ4n) is 5.03. The van der Waals surface area contributed by atoms with Crippen LogP contribution in [0.25, 0.3) is 0 Å². The molecule has 3 aromatic rings. The van der Waals surface area contributed by atoms with Crippen LogP contribution in [-0.4, -0.2) is 28.8 Å². The maximum absolute atomic E-state index is 14.0. The van der Waals surface area contributed by atoms with Crippen molar-refractivity contribution in [2.45, 2.75) is 71.0 Å². The van der Waals surface area contributed by atoms with Gasteiger partial charge in [0.2, 0.25) is 11.8 Å². The van der Waals surface area contributed by atoms with Crippen LogP contribution < -0.4 is 5.32 Å². The van der Waals surface area contributed by atoms with Crippen molar-refractivity contribution in [3.8, 4) is 0 Å². The van der Waals surface area contributed by atoms with Gasteiger partial charge in [-0.15, -0.1) is 0 Å². The number of carbonyl (C=O) groups excluding carboxylic acids is 2. The summed E-state index contributed by atoms with van der Waals surface area (Å²) < 4.78 is 0. The predicted molar refractivity (Wildman–Crippen MR) is 151 cm³/mol. The van der Waals surface area contributed by atoms with Crippen molar-refractivity contribution in [1.82, 2.24) is 10.2 Å². The van der Waals surface area contributed by atoms with Crippen molar-refractivity contribution < 1.29 is 9.59 Å². The molecule has 3 aromatic carbocycles. The van der Waals surface area contributed by atoms with Crippen LogP contribution in [0.2, 0.25) is 10.0 Å². The topological polar surface area (TPSA) is 49.4 Å². The Balaban J connectivity index is 1.72. The van der Waals surface area contributed by atoms with Crippen LogP contribution in [0.15, 0.2) is 66.7 Å². The lowest BCUT2D eigenvalue weighted by Crippen LogP contribution is -2.52. The molecule has 6 heteroatoms. The molecule has 1 fully saturated rings. The zero-order chi connectivity index (χ0) is 26.4. The van der Waals surface area contributed by atoms with E-state index in [4.69, 9.17) is 23.2 Å². The van der Waals surface area contributed by atoms with Gasteiger partial charge in [0.25, 0.3) is 0 Å². The standard InChI is InChI=1S/C31H34Cl2N2O2/c1-21-15-16-22(2)24(17-21)19-30(36)35(20-26-27(32)13-8-14-28(26)33)29(18-23-9-4-3-5-10-23)31(37)34-25-11-6-7-12-25/h3-5,8-10,13-17,25,29H,6-7,11-12,18-20H2,1-2H3,(H,34,37). The molecule has 0 heterocycles. The summed E-state index contributed by atoms with van der Waals surface area (Å²) in [6.45, 7) is 4.17. The highest BCUT2D eigenvalue weighted by Gasteiger charge is 2.33. The molecule has 1 saturated carbocycles. The summed E-state index contributed by atoms with van der Waals surface area (Å²) in [5, 5.41) is 4.19. The molecule has 0 aromatic heterocycles. The van der Waals surface area contributed by atoms with Crippen molar-refractivity contribution >= 4 is 35.0 Å². The highest BCUT2D eigenvalue weighted by atomic mass is 35.5. The number of nitrogens with zero attached hydrogens (tertiary/aromatic N) is 1. The molecule has 2 amide bonds. The summed E-state index contributed by atoms with van der Waals surface area (Å²) in [5.74, 6) is -0.263. The van der Waals surface area contributed by atoms with Crippen LogP contribution in [0.4, 0.5) is 0 Å². The first kappa shape index (κ1) is 27.2. The fourth-order valence-corrected chi connectivity index (χ4v) is 5.55. The molecule has 0 aliphatic heterocycles. The van der Waals surface area contributed by atoms with E-state index in [1.54, 1.807) is 23.1 Å². The Kier molecular flexibility index (Phi) is 9.28. The second kappa shape index (κ2) is 12.6. The van der Waals surface area contributed by atoms with Gasteiger partial charge in [0.05, 0.1) is 6.42 Å². The molecule has 4 nitrogen and oxygen atoms in total. The van der Waals surface area contributed by atoms with Gasteiger partial charge in [-0.25, -0.2) is 0 Å². The van der Waals surface area contributed by atoms with Gasteiger partial charge >= 0.3 is 0 Å². The number of hydrogen-bond acceptors (Lipinski definition) is 2. The number of aryl methyl sites for hydroxylation is 2. The molecule has 1 unspecified atom stereocenters. The average Bonchev–Trinajstić information content (AvgIpc) is 3.38. The Hall–Kier alpha value is -2.82. The third-order valence-corrected chi connectivity index (χ3v) is 7.92. The first-order valence-corrected chi connectivity index (χ1v) is 13.7. The molecule has 0 radical (unpaired) electrons. The highest BCUT2D eigenvalue weighted by molar-refractivity contribution is 6.36. The van der Waals surface area contributed by atoms with Crippen LogP contribution in [-0.2, 0) is 29.0 Å². The molecule has 37 heavy (non-hydrogen) atoms. The number of amides is 2. The quantitative estimate of drug-likeness (QED) is 0.325. The molecule has 0 bridgehead atoms. The van der Waals surface area contributed by atoms with Gasteiger partial charge in [0.1, 0.15) is 6.04 Å². The van der Waals surface area contributed by atoms with Crippen LogP contribution in [0.3, 0.4) is 0 Å². The van der Waals surface area contributed by atoms with E-state index in [-0.39, 0.29) is 30.8 Å². The van der Waals surface area contributed by atoms with Gasteiger partial charge in [0.15, 0.2) is 0 Å². The second-order valence-electron chi connectivity index (χ2n) is 10.0. The minimum absolute atomic E-state index is 0.131. The van der Waals surface area contributed by atoms with Gasteiger partial charge in [-0.1, -0.05) is 96.2 Å². The summed E-state index contributed by atoms with van der Waals surface area (Å²) in [6.07, 6.45) is 4.75. The lowest BCUT2D eigenvalue weighted by Gasteiger charge is -2.33. The van der Waals surface area contributed by atoms with Crippen molar-refractivity contribution in [1.29, 1.82) is 0 Å². The monoisotopic (exact) mass is 536 g/mol. The van der Waals surface area contributed by atoms with Gasteiger partial charge in [0, 0.05) is 34.6 Å². The van der Waals surface area contributed by atoms with Gasteiger partial charge in [-0.3, -0.25) is 9.59 Å². The summed E-state index contributed by atoms with van der Waals surface area (Å²) in [4.78, 5) is 29.5. The van der Waals surface area contributed by atoms with E-state index in [0.717, 1.165) is 47.9 Å². The Morgan fingerprint density at radius 1 is 0.946 bits per heavy atom. The molecule has 1 aliphatic rings. The van der Waals surface area contributed by atoms with E-state index in [0.29, 0.717) is 22.0 Å². The molecule has 1 atom stereocenters. The number of benzene rings is 3. The molecule has 0 spiro atoms. The zero-order valence-corrected chi connectivity index (χ0v) is 23.0. The van der Waals surface area contributed by atoms with Crippen LogP contribution in [0.1, 0.15) is 53.5 Å². The molecule has 194 valence electrons. The minimum Gasteiger partial charge on any atom is -0.352 e. The van der Waals surface area contributed by atoms with E-state index in [2.05, 4.69) is 5.32 Å². The Morgan fingerprint density at radius 2 is 1.62 bits per heavy atom. The highest BCUT2D eigenvalue weighted by Crippen LogP contribution is 2.28. The van der Waals surface area contributed by atoms with Gasteiger partial charge in [-0.2, -0.15) is 0 Å². The van der Waals surface area contributed by atoms with Gasteiger partial charge in [-0.05, 0) is 55.5 Å². The SMILES string of the molecule is Cc1ccc(C)c(CC(=O)N(Cc2c(Cl)cccc2Cl)C(Cc2ccccc2)C(=O)NC2CCCC2)c1. The summed E-state index contributed by atoms with van der Waals surface area (Å²) in [6, 6.07) is 20.7. The first-order valence-electron chi connectivity index (χ1n) is 12.9. The van der Waals surface area contributed by atoms with E-state index >= 15 is 0 Å². The summed E-state index contributed by atoms with van der Waals surface area (Å²) in [7, 11) is 0. The average molecular weight is 538 g/mol. The molecule has 4 rings (SSSR count). The minimum atomic E-state index is -0.701. The number of rotatable bonds is 9. The van der Waals surface area contributed by atoms with Crippen LogP contribution in [0.5, 0.6) is 0 Å². The maximum Gasteiger partial charge on any atom is 0.243 e. The van der Waals surface area contributed by atoms with Crippen molar-refractivity contribution in [3.63, 3.8) is 0 Å². The van der Waals surface area contributed by atoms with E-state index < -0.39 is 6.04 Å². The summed E-state index contributed by atoms with van der Waals surface area (Å²) >= 11 is 13.1. The van der Waals surface area contributed by atoms with E-state index in [1.165, 1.54) is 0 Å². The molecular weight excluding hydrogens is 503 g/mol. The molecule has 0 saturated heterocycles.